The normalized spacial score (nSPS) is 10.4. The molecular formula is C26H29N3O4. The number of anilines is 3. The topological polar surface area (TPSA) is 88.7 Å². The molecule has 33 heavy (non-hydrogen) atoms. The Balaban J connectivity index is 1.39. The van der Waals surface area contributed by atoms with Gasteiger partial charge in [-0.2, -0.15) is 0 Å². The summed E-state index contributed by atoms with van der Waals surface area (Å²) in [5.74, 6) is 1.16. The summed E-state index contributed by atoms with van der Waals surface area (Å²) in [4.78, 5) is 24.1. The molecule has 0 radical (unpaired) electrons. The van der Waals surface area contributed by atoms with Crippen LogP contribution in [0.1, 0.15) is 13.8 Å². The van der Waals surface area contributed by atoms with Crippen molar-refractivity contribution in [1.82, 2.24) is 0 Å². The molecule has 0 aliphatic carbocycles. The first-order valence-corrected chi connectivity index (χ1v) is 10.8. The first-order valence-electron chi connectivity index (χ1n) is 10.8. The van der Waals surface area contributed by atoms with E-state index in [9.17, 15) is 9.59 Å². The van der Waals surface area contributed by atoms with Gasteiger partial charge in [-0.3, -0.25) is 9.59 Å². The standard InChI is InChI=1S/C26H29N3O4/c1-19(2)26(31)29-22-8-6-7-21(17-22)27-18-25(30)28-20-11-13-24(14-12-20)33-16-15-32-23-9-4-3-5-10-23/h3-14,17,19,27H,15-16,18H2,1-2H3,(H,28,30)(H,29,31). The van der Waals surface area contributed by atoms with Crippen molar-refractivity contribution in [3.8, 4) is 11.5 Å². The molecule has 0 aliphatic heterocycles. The number of hydrogen-bond acceptors (Lipinski definition) is 5. The Bertz CT molecular complexity index is 1040. The van der Waals surface area contributed by atoms with E-state index in [0.29, 0.717) is 30.3 Å². The SMILES string of the molecule is CC(C)C(=O)Nc1cccc(NCC(=O)Nc2ccc(OCCOc3ccccc3)cc2)c1. The molecule has 0 saturated heterocycles. The minimum absolute atomic E-state index is 0.0546. The summed E-state index contributed by atoms with van der Waals surface area (Å²) >= 11 is 0. The molecule has 3 N–H and O–H groups in total. The summed E-state index contributed by atoms with van der Waals surface area (Å²) in [6.45, 7) is 4.62. The zero-order valence-electron chi connectivity index (χ0n) is 18.8. The quantitative estimate of drug-likeness (QED) is 0.368. The summed E-state index contributed by atoms with van der Waals surface area (Å²) in [5, 5.41) is 8.75. The zero-order chi connectivity index (χ0) is 23.5. The molecule has 0 unspecified atom stereocenters. The van der Waals surface area contributed by atoms with Crippen LogP contribution in [-0.4, -0.2) is 31.6 Å². The lowest BCUT2D eigenvalue weighted by Crippen LogP contribution is -2.22. The monoisotopic (exact) mass is 447 g/mol. The van der Waals surface area contributed by atoms with Crippen LogP contribution in [-0.2, 0) is 9.59 Å². The van der Waals surface area contributed by atoms with Gasteiger partial charge in [0.05, 0.1) is 6.54 Å². The van der Waals surface area contributed by atoms with Crippen LogP contribution in [0.25, 0.3) is 0 Å². The predicted octanol–water partition coefficient (Wildman–Crippen LogP) is 4.79. The third kappa shape index (κ3) is 8.22. The van der Waals surface area contributed by atoms with Crippen LogP contribution >= 0.6 is 0 Å². The van der Waals surface area contributed by atoms with Crippen LogP contribution in [0.3, 0.4) is 0 Å². The molecule has 2 amide bonds. The molecule has 3 rings (SSSR count). The van der Waals surface area contributed by atoms with E-state index in [-0.39, 0.29) is 24.3 Å². The molecule has 3 aromatic rings. The second-order valence-electron chi connectivity index (χ2n) is 7.66. The average molecular weight is 448 g/mol. The Morgan fingerprint density at radius 1 is 0.727 bits per heavy atom. The molecule has 7 heteroatoms. The zero-order valence-corrected chi connectivity index (χ0v) is 18.8. The van der Waals surface area contributed by atoms with Crippen molar-refractivity contribution in [2.45, 2.75) is 13.8 Å². The van der Waals surface area contributed by atoms with Crippen molar-refractivity contribution in [3.63, 3.8) is 0 Å². The van der Waals surface area contributed by atoms with Crippen LogP contribution in [0.15, 0.2) is 78.9 Å². The third-order valence-corrected chi connectivity index (χ3v) is 4.61. The summed E-state index contributed by atoms with van der Waals surface area (Å²) in [6.07, 6.45) is 0. The maximum Gasteiger partial charge on any atom is 0.243 e. The largest absolute Gasteiger partial charge is 0.490 e. The Labute approximate surface area is 194 Å². The van der Waals surface area contributed by atoms with Gasteiger partial charge in [0.15, 0.2) is 0 Å². The van der Waals surface area contributed by atoms with Crippen LogP contribution < -0.4 is 25.4 Å². The van der Waals surface area contributed by atoms with E-state index in [1.807, 2.05) is 62.4 Å². The summed E-state index contributed by atoms with van der Waals surface area (Å²) in [6, 6.07) is 24.0. The minimum atomic E-state index is -0.184. The van der Waals surface area contributed by atoms with Gasteiger partial charge in [0.2, 0.25) is 11.8 Å². The average Bonchev–Trinajstić information content (AvgIpc) is 2.82. The molecule has 0 spiro atoms. The van der Waals surface area contributed by atoms with Gasteiger partial charge in [-0.1, -0.05) is 38.1 Å². The second kappa shape index (κ2) is 12.1. The number of ether oxygens (including phenoxy) is 2. The Hall–Kier alpha value is -4.00. The maximum atomic E-state index is 12.3. The van der Waals surface area contributed by atoms with Gasteiger partial charge in [-0.25, -0.2) is 0 Å². The third-order valence-electron chi connectivity index (χ3n) is 4.61. The molecule has 0 atom stereocenters. The predicted molar refractivity (Wildman–Crippen MR) is 131 cm³/mol. The lowest BCUT2D eigenvalue weighted by atomic mass is 10.2. The molecule has 0 bridgehead atoms. The van der Waals surface area contributed by atoms with Crippen molar-refractivity contribution in [1.29, 1.82) is 0 Å². The van der Waals surface area contributed by atoms with Crippen LogP contribution in [0.2, 0.25) is 0 Å². The van der Waals surface area contributed by atoms with Gasteiger partial charge in [-0.15, -0.1) is 0 Å². The van der Waals surface area contributed by atoms with E-state index in [1.165, 1.54) is 0 Å². The smallest absolute Gasteiger partial charge is 0.243 e. The summed E-state index contributed by atoms with van der Waals surface area (Å²) in [7, 11) is 0. The Kier molecular flexibility index (Phi) is 8.71. The number of amides is 2. The van der Waals surface area contributed by atoms with Crippen molar-refractivity contribution in [3.05, 3.63) is 78.9 Å². The second-order valence-corrected chi connectivity index (χ2v) is 7.66. The van der Waals surface area contributed by atoms with Crippen molar-refractivity contribution in [2.75, 3.05) is 35.7 Å². The molecule has 3 aromatic carbocycles. The molecule has 172 valence electrons. The Morgan fingerprint density at radius 2 is 1.36 bits per heavy atom. The number of rotatable bonds is 11. The fourth-order valence-electron chi connectivity index (χ4n) is 2.85. The van der Waals surface area contributed by atoms with Gasteiger partial charge in [-0.05, 0) is 54.6 Å². The highest BCUT2D eigenvalue weighted by Gasteiger charge is 2.08. The molecule has 0 saturated carbocycles. The summed E-state index contributed by atoms with van der Waals surface area (Å²) in [5.41, 5.74) is 2.10. The lowest BCUT2D eigenvalue weighted by molar-refractivity contribution is -0.119. The fourth-order valence-corrected chi connectivity index (χ4v) is 2.85. The van der Waals surface area contributed by atoms with Crippen LogP contribution in [0.4, 0.5) is 17.1 Å². The number of nitrogens with one attached hydrogen (secondary N) is 3. The van der Waals surface area contributed by atoms with Gasteiger partial charge >= 0.3 is 0 Å². The van der Waals surface area contributed by atoms with Crippen molar-refractivity contribution >= 4 is 28.9 Å². The van der Waals surface area contributed by atoms with Gasteiger partial charge in [0, 0.05) is 23.0 Å². The molecule has 0 fully saturated rings. The molecular weight excluding hydrogens is 418 g/mol. The molecule has 7 nitrogen and oxygen atoms in total. The highest BCUT2D eigenvalue weighted by molar-refractivity contribution is 5.94. The van der Waals surface area contributed by atoms with Gasteiger partial charge < -0.3 is 25.4 Å². The van der Waals surface area contributed by atoms with E-state index < -0.39 is 0 Å². The van der Waals surface area contributed by atoms with E-state index in [4.69, 9.17) is 9.47 Å². The van der Waals surface area contributed by atoms with Crippen LogP contribution in [0, 0.1) is 5.92 Å². The van der Waals surface area contributed by atoms with E-state index in [0.717, 1.165) is 11.4 Å². The van der Waals surface area contributed by atoms with E-state index in [2.05, 4.69) is 16.0 Å². The number of hydrogen-bond donors (Lipinski definition) is 3. The van der Waals surface area contributed by atoms with Gasteiger partial charge in [0.25, 0.3) is 0 Å². The molecule has 0 heterocycles. The summed E-state index contributed by atoms with van der Waals surface area (Å²) < 4.78 is 11.3. The van der Waals surface area contributed by atoms with E-state index >= 15 is 0 Å². The van der Waals surface area contributed by atoms with Crippen molar-refractivity contribution in [2.24, 2.45) is 5.92 Å². The number of carbonyl (C=O) groups is 2. The number of carbonyl (C=O) groups excluding carboxylic acids is 2. The van der Waals surface area contributed by atoms with Gasteiger partial charge in [0.1, 0.15) is 24.7 Å². The highest BCUT2D eigenvalue weighted by Crippen LogP contribution is 2.17. The maximum absolute atomic E-state index is 12.3. The Morgan fingerprint density at radius 3 is 2.03 bits per heavy atom. The number of benzene rings is 3. The fraction of sp³-hybridized carbons (Fsp3) is 0.231. The first-order chi connectivity index (χ1) is 16.0. The van der Waals surface area contributed by atoms with E-state index in [1.54, 1.807) is 30.3 Å². The molecule has 0 aliphatic rings. The number of para-hydroxylation sites is 1. The minimum Gasteiger partial charge on any atom is -0.490 e. The first kappa shape index (κ1) is 23.7. The highest BCUT2D eigenvalue weighted by atomic mass is 16.5. The van der Waals surface area contributed by atoms with Crippen LogP contribution in [0.5, 0.6) is 11.5 Å². The molecule has 0 aromatic heterocycles. The lowest BCUT2D eigenvalue weighted by Gasteiger charge is -2.12. The van der Waals surface area contributed by atoms with Crippen molar-refractivity contribution < 1.29 is 19.1 Å².